The van der Waals surface area contributed by atoms with Gasteiger partial charge in [0, 0.05) is 18.3 Å². The second-order valence-electron chi connectivity index (χ2n) is 4.82. The van der Waals surface area contributed by atoms with Crippen LogP contribution in [0.25, 0.3) is 0 Å². The number of ether oxygens (including phenoxy) is 1. The number of hydrogen-bond acceptors (Lipinski definition) is 6. The van der Waals surface area contributed by atoms with Gasteiger partial charge in [-0.3, -0.25) is 0 Å². The molecule has 0 aliphatic heterocycles. The first-order chi connectivity index (χ1) is 9.99. The summed E-state index contributed by atoms with van der Waals surface area (Å²) < 4.78 is 5.58. The van der Waals surface area contributed by atoms with Crippen molar-refractivity contribution >= 4 is 5.69 Å². The maximum Gasteiger partial charge on any atom is 0.237 e. The molecule has 0 bridgehead atoms. The molecule has 0 saturated heterocycles. The highest BCUT2D eigenvalue weighted by molar-refractivity contribution is 5.56. The highest BCUT2D eigenvalue weighted by atomic mass is 16.5. The van der Waals surface area contributed by atoms with E-state index >= 15 is 0 Å². The van der Waals surface area contributed by atoms with Crippen LogP contribution in [0.4, 0.5) is 5.69 Å². The van der Waals surface area contributed by atoms with Crippen molar-refractivity contribution in [2.75, 3.05) is 5.32 Å². The highest BCUT2D eigenvalue weighted by Gasteiger charge is 2.12. The van der Waals surface area contributed by atoms with Crippen molar-refractivity contribution < 1.29 is 20.1 Å². The Morgan fingerprint density at radius 3 is 2.62 bits per heavy atom. The number of rotatable bonds is 5. The van der Waals surface area contributed by atoms with E-state index in [1.54, 1.807) is 12.3 Å². The van der Waals surface area contributed by atoms with Crippen molar-refractivity contribution in [1.29, 1.82) is 0 Å². The molecule has 0 radical (unpaired) electrons. The molecule has 1 heterocycles. The zero-order valence-electron chi connectivity index (χ0n) is 11.9. The Balaban J connectivity index is 2.15. The van der Waals surface area contributed by atoms with Gasteiger partial charge in [0.1, 0.15) is 0 Å². The third kappa shape index (κ3) is 3.47. The van der Waals surface area contributed by atoms with Gasteiger partial charge in [-0.05, 0) is 38.1 Å². The first-order valence-electron chi connectivity index (χ1n) is 6.57. The van der Waals surface area contributed by atoms with Gasteiger partial charge in [0.05, 0.1) is 11.8 Å². The number of hydrogen-bond donors (Lipinski definition) is 4. The number of aromatic nitrogens is 1. The zero-order chi connectivity index (χ0) is 15.4. The lowest BCUT2D eigenvalue weighted by Gasteiger charge is -2.15. The van der Waals surface area contributed by atoms with Crippen molar-refractivity contribution in [2.24, 2.45) is 0 Å². The molecule has 0 atom stereocenters. The molecule has 112 valence electrons. The molecule has 0 unspecified atom stereocenters. The summed E-state index contributed by atoms with van der Waals surface area (Å²) in [7, 11) is 0. The van der Waals surface area contributed by atoms with Gasteiger partial charge in [0.25, 0.3) is 0 Å². The van der Waals surface area contributed by atoms with Crippen LogP contribution in [0.3, 0.4) is 0 Å². The Morgan fingerprint density at radius 1 is 1.14 bits per heavy atom. The van der Waals surface area contributed by atoms with Crippen LogP contribution < -0.4 is 10.1 Å². The topological polar surface area (TPSA) is 94.8 Å². The van der Waals surface area contributed by atoms with Gasteiger partial charge < -0.3 is 25.4 Å². The standard InChI is InChI=1S/C15H18N2O4/c1-9(2)21-15-11(4-3-7-16-15)17-8-10-5-6-12(18)14(20)13(10)19/h3-7,9,17-20H,8H2,1-2H3. The number of phenolic OH excluding ortho intramolecular Hbond substituents is 3. The predicted molar refractivity (Wildman–Crippen MR) is 78.8 cm³/mol. The monoisotopic (exact) mass is 290 g/mol. The van der Waals surface area contributed by atoms with Crippen LogP contribution in [-0.2, 0) is 6.54 Å². The van der Waals surface area contributed by atoms with Gasteiger partial charge in [0.15, 0.2) is 11.5 Å². The van der Waals surface area contributed by atoms with E-state index in [2.05, 4.69) is 10.3 Å². The molecule has 0 fully saturated rings. The van der Waals surface area contributed by atoms with Crippen LogP contribution in [0.1, 0.15) is 19.4 Å². The summed E-state index contributed by atoms with van der Waals surface area (Å²) in [6.07, 6.45) is 1.62. The molecule has 6 heteroatoms. The Labute approximate surface area is 122 Å². The number of pyridine rings is 1. The number of benzene rings is 1. The lowest BCUT2D eigenvalue weighted by molar-refractivity contribution is 0.234. The number of nitrogens with one attached hydrogen (secondary N) is 1. The Bertz CT molecular complexity index is 629. The van der Waals surface area contributed by atoms with E-state index in [0.717, 1.165) is 0 Å². The molecule has 2 rings (SSSR count). The summed E-state index contributed by atoms with van der Waals surface area (Å²) in [5, 5.41) is 31.6. The molecule has 0 spiro atoms. The van der Waals surface area contributed by atoms with Crippen molar-refractivity contribution in [1.82, 2.24) is 4.98 Å². The summed E-state index contributed by atoms with van der Waals surface area (Å²) in [5.74, 6) is -0.770. The Kier molecular flexibility index (Phi) is 4.37. The molecular formula is C15H18N2O4. The molecule has 0 amide bonds. The zero-order valence-corrected chi connectivity index (χ0v) is 11.9. The van der Waals surface area contributed by atoms with Crippen LogP contribution in [-0.4, -0.2) is 26.4 Å². The third-order valence-electron chi connectivity index (χ3n) is 2.80. The number of nitrogens with zero attached hydrogens (tertiary/aromatic N) is 1. The van der Waals surface area contributed by atoms with Crippen LogP contribution in [0, 0.1) is 0 Å². The van der Waals surface area contributed by atoms with E-state index in [0.29, 0.717) is 17.1 Å². The SMILES string of the molecule is CC(C)Oc1ncccc1NCc1ccc(O)c(O)c1O. The third-order valence-corrected chi connectivity index (χ3v) is 2.80. The first-order valence-corrected chi connectivity index (χ1v) is 6.57. The van der Waals surface area contributed by atoms with Gasteiger partial charge in [-0.25, -0.2) is 4.98 Å². The molecular weight excluding hydrogens is 272 g/mol. The molecule has 21 heavy (non-hydrogen) atoms. The van der Waals surface area contributed by atoms with E-state index < -0.39 is 5.75 Å². The Morgan fingerprint density at radius 2 is 1.90 bits per heavy atom. The molecule has 0 aliphatic rings. The van der Waals surface area contributed by atoms with E-state index in [1.807, 2.05) is 19.9 Å². The quantitative estimate of drug-likeness (QED) is 0.632. The van der Waals surface area contributed by atoms with Gasteiger partial charge in [-0.2, -0.15) is 0 Å². The minimum atomic E-state index is -0.529. The van der Waals surface area contributed by atoms with Gasteiger partial charge in [0.2, 0.25) is 11.6 Å². The first kappa shape index (κ1) is 14.8. The fraction of sp³-hybridized carbons (Fsp3) is 0.267. The second kappa shape index (κ2) is 6.21. The minimum absolute atomic E-state index is 0.00781. The summed E-state index contributed by atoms with van der Waals surface area (Å²) >= 11 is 0. The molecule has 4 N–H and O–H groups in total. The fourth-order valence-electron chi connectivity index (χ4n) is 1.79. The van der Waals surface area contributed by atoms with Crippen LogP contribution in [0.5, 0.6) is 23.1 Å². The molecule has 2 aromatic rings. The van der Waals surface area contributed by atoms with E-state index in [9.17, 15) is 15.3 Å². The lowest BCUT2D eigenvalue weighted by Crippen LogP contribution is -2.10. The average Bonchev–Trinajstić information content (AvgIpc) is 2.45. The largest absolute Gasteiger partial charge is 0.504 e. The Hall–Kier alpha value is -2.63. The van der Waals surface area contributed by atoms with E-state index in [4.69, 9.17) is 4.74 Å². The maximum absolute atomic E-state index is 9.77. The van der Waals surface area contributed by atoms with Crippen LogP contribution in [0.2, 0.25) is 0 Å². The van der Waals surface area contributed by atoms with E-state index in [-0.39, 0.29) is 24.1 Å². The van der Waals surface area contributed by atoms with Crippen molar-refractivity contribution in [3.63, 3.8) is 0 Å². The summed E-state index contributed by atoms with van der Waals surface area (Å²) in [5.41, 5.74) is 1.13. The highest BCUT2D eigenvalue weighted by Crippen LogP contribution is 2.37. The second-order valence-corrected chi connectivity index (χ2v) is 4.82. The summed E-state index contributed by atoms with van der Waals surface area (Å²) in [4.78, 5) is 4.15. The molecule has 0 aliphatic carbocycles. The number of anilines is 1. The molecule has 6 nitrogen and oxygen atoms in total. The molecule has 1 aromatic carbocycles. The van der Waals surface area contributed by atoms with Crippen molar-refractivity contribution in [2.45, 2.75) is 26.5 Å². The normalized spacial score (nSPS) is 10.6. The van der Waals surface area contributed by atoms with Crippen molar-refractivity contribution in [3.8, 4) is 23.1 Å². The van der Waals surface area contributed by atoms with E-state index in [1.165, 1.54) is 12.1 Å². The average molecular weight is 290 g/mol. The van der Waals surface area contributed by atoms with Crippen LogP contribution in [0.15, 0.2) is 30.5 Å². The van der Waals surface area contributed by atoms with Crippen molar-refractivity contribution in [3.05, 3.63) is 36.0 Å². The number of phenols is 3. The minimum Gasteiger partial charge on any atom is -0.504 e. The fourth-order valence-corrected chi connectivity index (χ4v) is 1.79. The summed E-state index contributed by atoms with van der Waals surface area (Å²) in [6.45, 7) is 4.06. The number of aromatic hydroxyl groups is 3. The van der Waals surface area contributed by atoms with Gasteiger partial charge in [-0.1, -0.05) is 0 Å². The van der Waals surface area contributed by atoms with Gasteiger partial charge >= 0.3 is 0 Å². The lowest BCUT2D eigenvalue weighted by atomic mass is 10.1. The smallest absolute Gasteiger partial charge is 0.237 e. The van der Waals surface area contributed by atoms with Gasteiger partial charge in [-0.15, -0.1) is 0 Å². The summed E-state index contributed by atoms with van der Waals surface area (Å²) in [6, 6.07) is 6.42. The maximum atomic E-state index is 9.77. The predicted octanol–water partition coefficient (Wildman–Crippen LogP) is 2.60. The molecule has 1 aromatic heterocycles. The van der Waals surface area contributed by atoms with Crippen LogP contribution >= 0.6 is 0 Å². The molecule has 0 saturated carbocycles.